The molecule has 8 heteroatoms. The Labute approximate surface area is 224 Å². The highest BCUT2D eigenvalue weighted by Gasteiger charge is 2.35. The molecule has 1 aliphatic carbocycles. The fourth-order valence-corrected chi connectivity index (χ4v) is 5.41. The Hall–Kier alpha value is -3.68. The van der Waals surface area contributed by atoms with Crippen molar-refractivity contribution in [1.29, 1.82) is 0 Å². The molecule has 2 aromatic rings. The second-order valence-electron chi connectivity index (χ2n) is 10.1. The number of nitrogens with one attached hydrogen (secondary N) is 1. The summed E-state index contributed by atoms with van der Waals surface area (Å²) in [6.45, 7) is 2.32. The van der Waals surface area contributed by atoms with Crippen LogP contribution in [-0.2, 0) is 16.1 Å². The summed E-state index contributed by atoms with van der Waals surface area (Å²) in [6.07, 6.45) is 6.24. The molecule has 1 atom stereocenters. The third-order valence-electron chi connectivity index (χ3n) is 7.48. The summed E-state index contributed by atoms with van der Waals surface area (Å²) >= 11 is 0. The van der Waals surface area contributed by atoms with Crippen molar-refractivity contribution >= 4 is 23.6 Å². The number of methoxy groups -OCH3 is 1. The predicted octanol–water partition coefficient (Wildman–Crippen LogP) is 4.33. The van der Waals surface area contributed by atoms with Gasteiger partial charge < -0.3 is 15.0 Å². The lowest BCUT2D eigenvalue weighted by atomic mass is 9.95. The van der Waals surface area contributed by atoms with Gasteiger partial charge in [0.1, 0.15) is 11.8 Å². The summed E-state index contributed by atoms with van der Waals surface area (Å²) in [4.78, 5) is 55.2. The highest BCUT2D eigenvalue weighted by molar-refractivity contribution is 6.21. The predicted molar refractivity (Wildman–Crippen MR) is 144 cm³/mol. The molecule has 4 amide bonds. The van der Waals surface area contributed by atoms with Crippen LogP contribution >= 0.6 is 0 Å². The first kappa shape index (κ1) is 27.4. The molecule has 2 aliphatic rings. The lowest BCUT2D eigenvalue weighted by Gasteiger charge is -2.33. The molecule has 8 nitrogen and oxygen atoms in total. The molecule has 1 heterocycles. The largest absolute Gasteiger partial charge is 0.497 e. The molecular weight excluding hydrogens is 482 g/mol. The topological polar surface area (TPSA) is 96.0 Å². The third kappa shape index (κ3) is 6.23. The highest BCUT2D eigenvalue weighted by atomic mass is 16.5. The zero-order valence-electron chi connectivity index (χ0n) is 22.3. The second kappa shape index (κ2) is 12.7. The normalized spacial score (nSPS) is 16.2. The maximum atomic E-state index is 13.6. The van der Waals surface area contributed by atoms with Crippen molar-refractivity contribution in [2.75, 3.05) is 13.7 Å². The molecule has 38 heavy (non-hydrogen) atoms. The van der Waals surface area contributed by atoms with E-state index in [1.807, 2.05) is 31.2 Å². The molecule has 202 valence electrons. The van der Waals surface area contributed by atoms with Crippen molar-refractivity contribution in [3.8, 4) is 5.75 Å². The second-order valence-corrected chi connectivity index (χ2v) is 10.1. The van der Waals surface area contributed by atoms with E-state index in [4.69, 9.17) is 4.74 Å². The zero-order chi connectivity index (χ0) is 27.1. The Morgan fingerprint density at radius 3 is 2.34 bits per heavy atom. The van der Waals surface area contributed by atoms with Gasteiger partial charge in [-0.2, -0.15) is 0 Å². The van der Waals surface area contributed by atoms with Gasteiger partial charge in [-0.05, 0) is 55.5 Å². The van der Waals surface area contributed by atoms with E-state index < -0.39 is 6.04 Å². The summed E-state index contributed by atoms with van der Waals surface area (Å²) in [6, 6.07) is 13.8. The van der Waals surface area contributed by atoms with E-state index in [2.05, 4.69) is 5.32 Å². The molecule has 0 spiro atoms. The van der Waals surface area contributed by atoms with Gasteiger partial charge in [0.15, 0.2) is 0 Å². The van der Waals surface area contributed by atoms with Crippen LogP contribution in [0, 0.1) is 0 Å². The Morgan fingerprint density at radius 1 is 1.03 bits per heavy atom. The van der Waals surface area contributed by atoms with Gasteiger partial charge in [0.25, 0.3) is 11.8 Å². The lowest BCUT2D eigenvalue weighted by Crippen LogP contribution is -2.51. The summed E-state index contributed by atoms with van der Waals surface area (Å²) in [5.74, 6) is -0.291. The van der Waals surface area contributed by atoms with Crippen LogP contribution in [0.5, 0.6) is 5.75 Å². The molecule has 0 aromatic heterocycles. The van der Waals surface area contributed by atoms with Crippen LogP contribution in [0.4, 0.5) is 0 Å². The molecule has 1 saturated carbocycles. The molecule has 0 bridgehead atoms. The van der Waals surface area contributed by atoms with Crippen molar-refractivity contribution in [2.24, 2.45) is 0 Å². The van der Waals surface area contributed by atoms with E-state index in [0.717, 1.165) is 31.2 Å². The zero-order valence-corrected chi connectivity index (χ0v) is 22.3. The van der Waals surface area contributed by atoms with Crippen LogP contribution in [0.1, 0.15) is 84.6 Å². The number of rotatable bonds is 11. The first-order valence-corrected chi connectivity index (χ1v) is 13.6. The number of imide groups is 1. The van der Waals surface area contributed by atoms with Crippen molar-refractivity contribution < 1.29 is 23.9 Å². The average Bonchev–Trinajstić information content (AvgIpc) is 3.18. The number of hydrogen-bond donors (Lipinski definition) is 1. The lowest BCUT2D eigenvalue weighted by molar-refractivity contribution is -0.142. The number of benzene rings is 2. The van der Waals surface area contributed by atoms with Gasteiger partial charge in [0.05, 0.1) is 18.2 Å². The first-order valence-electron chi connectivity index (χ1n) is 13.6. The smallest absolute Gasteiger partial charge is 0.261 e. The van der Waals surface area contributed by atoms with Crippen LogP contribution in [0.3, 0.4) is 0 Å². The molecular formula is C30H37N3O5. The van der Waals surface area contributed by atoms with Crippen LogP contribution < -0.4 is 10.1 Å². The van der Waals surface area contributed by atoms with Crippen molar-refractivity contribution in [3.05, 3.63) is 65.2 Å². The number of ether oxygens (including phenoxy) is 1. The monoisotopic (exact) mass is 519 g/mol. The minimum atomic E-state index is -0.616. The summed E-state index contributed by atoms with van der Waals surface area (Å²) in [7, 11) is 1.59. The first-order chi connectivity index (χ1) is 18.4. The van der Waals surface area contributed by atoms with Crippen molar-refractivity contribution in [3.63, 3.8) is 0 Å². The van der Waals surface area contributed by atoms with Crippen molar-refractivity contribution in [1.82, 2.24) is 15.1 Å². The minimum absolute atomic E-state index is 0.116. The van der Waals surface area contributed by atoms with Gasteiger partial charge in [-0.3, -0.25) is 24.1 Å². The molecule has 2 aromatic carbocycles. The van der Waals surface area contributed by atoms with Gasteiger partial charge in [0.2, 0.25) is 11.8 Å². The van der Waals surface area contributed by atoms with Crippen LogP contribution in [0.2, 0.25) is 0 Å². The van der Waals surface area contributed by atoms with E-state index in [1.54, 1.807) is 36.3 Å². The number of nitrogens with zero attached hydrogens (tertiary/aromatic N) is 2. The van der Waals surface area contributed by atoms with Crippen LogP contribution in [-0.4, -0.2) is 59.2 Å². The molecule has 0 saturated heterocycles. The summed E-state index contributed by atoms with van der Waals surface area (Å²) in [5.41, 5.74) is 1.66. The maximum absolute atomic E-state index is 13.6. The molecule has 0 radical (unpaired) electrons. The quantitative estimate of drug-likeness (QED) is 0.446. The van der Waals surface area contributed by atoms with Gasteiger partial charge >= 0.3 is 0 Å². The number of amides is 4. The van der Waals surface area contributed by atoms with Gasteiger partial charge in [-0.25, -0.2) is 0 Å². The van der Waals surface area contributed by atoms with Gasteiger partial charge in [-0.1, -0.05) is 50.5 Å². The van der Waals surface area contributed by atoms with Crippen LogP contribution in [0.25, 0.3) is 0 Å². The Balaban J connectivity index is 1.45. The SMILES string of the molecule is CC[C@H](C(=O)NC1CCCCC1)N(Cc1cccc(OC)c1)C(=O)CCCN1C(=O)c2ccccc2C1=O. The number of hydrogen-bond acceptors (Lipinski definition) is 5. The number of fused-ring (bicyclic) bond motifs is 1. The summed E-state index contributed by atoms with van der Waals surface area (Å²) in [5, 5.41) is 3.18. The van der Waals surface area contributed by atoms with Crippen LogP contribution in [0.15, 0.2) is 48.5 Å². The number of carbonyl (C=O) groups excluding carboxylic acids is 4. The molecule has 1 N–H and O–H groups in total. The highest BCUT2D eigenvalue weighted by Crippen LogP contribution is 2.24. The fraction of sp³-hybridized carbons (Fsp3) is 0.467. The molecule has 1 fully saturated rings. The van der Waals surface area contributed by atoms with E-state index in [1.165, 1.54) is 11.3 Å². The van der Waals surface area contributed by atoms with E-state index in [9.17, 15) is 19.2 Å². The fourth-order valence-electron chi connectivity index (χ4n) is 5.41. The molecule has 0 unspecified atom stereocenters. The van der Waals surface area contributed by atoms with Gasteiger partial charge in [0, 0.05) is 25.6 Å². The Morgan fingerprint density at radius 2 is 1.71 bits per heavy atom. The Kier molecular flexibility index (Phi) is 9.15. The van der Waals surface area contributed by atoms with E-state index >= 15 is 0 Å². The third-order valence-corrected chi connectivity index (χ3v) is 7.48. The minimum Gasteiger partial charge on any atom is -0.497 e. The molecule has 1 aliphatic heterocycles. The van der Waals surface area contributed by atoms with E-state index in [0.29, 0.717) is 29.7 Å². The summed E-state index contributed by atoms with van der Waals surface area (Å²) < 4.78 is 5.35. The van der Waals surface area contributed by atoms with Crippen molar-refractivity contribution in [2.45, 2.75) is 76.9 Å². The standard InChI is InChI=1S/C30H37N3O5/c1-3-26(28(35)31-22-12-5-4-6-13-22)33(20-21-11-9-14-23(19-21)38-2)27(34)17-10-18-32-29(36)24-15-7-8-16-25(24)30(32)37/h7-9,11,14-16,19,22,26H,3-6,10,12-13,17-18,20H2,1-2H3,(H,31,35)/t26-/m1/s1. The molecule has 4 rings (SSSR count). The number of carbonyl (C=O) groups is 4. The average molecular weight is 520 g/mol. The Bertz CT molecular complexity index is 1140. The maximum Gasteiger partial charge on any atom is 0.261 e. The van der Waals surface area contributed by atoms with Gasteiger partial charge in [-0.15, -0.1) is 0 Å². The van der Waals surface area contributed by atoms with E-state index in [-0.39, 0.29) is 49.2 Å².